The van der Waals surface area contributed by atoms with Gasteiger partial charge in [-0.25, -0.2) is 0 Å². The van der Waals surface area contributed by atoms with E-state index >= 15 is 0 Å². The maximum Gasteiger partial charge on any atom is 0.302 e. The number of hydrogen-bond donors (Lipinski definition) is 0. The standard InChI is InChI=1S/C11H19NO3/c1-4-5-12-7-11(14-3)6-10(12)8-15-9(2)13/h4,10-11H,1,5-8H2,2-3H3/t10-,11-/m1/s1. The van der Waals surface area contributed by atoms with Crippen molar-refractivity contribution in [2.45, 2.75) is 25.5 Å². The van der Waals surface area contributed by atoms with Crippen LogP contribution in [0.15, 0.2) is 12.7 Å². The quantitative estimate of drug-likeness (QED) is 0.501. The van der Waals surface area contributed by atoms with Crippen LogP contribution in [0.4, 0.5) is 0 Å². The Labute approximate surface area is 90.8 Å². The molecule has 1 heterocycles. The molecule has 0 aromatic carbocycles. The van der Waals surface area contributed by atoms with Gasteiger partial charge in [0.2, 0.25) is 0 Å². The zero-order valence-electron chi connectivity index (χ0n) is 9.44. The van der Waals surface area contributed by atoms with Crippen LogP contribution in [-0.4, -0.2) is 49.8 Å². The van der Waals surface area contributed by atoms with E-state index in [2.05, 4.69) is 11.5 Å². The maximum atomic E-state index is 10.7. The van der Waals surface area contributed by atoms with Gasteiger partial charge in [-0.2, -0.15) is 0 Å². The van der Waals surface area contributed by atoms with Crippen LogP contribution in [0, 0.1) is 0 Å². The molecule has 0 aromatic rings. The average molecular weight is 213 g/mol. The first kappa shape index (κ1) is 12.2. The van der Waals surface area contributed by atoms with E-state index in [0.717, 1.165) is 19.5 Å². The summed E-state index contributed by atoms with van der Waals surface area (Å²) in [6.45, 7) is 7.29. The maximum absolute atomic E-state index is 10.7. The molecule has 0 radical (unpaired) electrons. The SMILES string of the molecule is C=CCN1C[C@H](OC)C[C@@H]1COC(C)=O. The smallest absolute Gasteiger partial charge is 0.302 e. The number of methoxy groups -OCH3 is 1. The lowest BCUT2D eigenvalue weighted by atomic mass is 10.2. The summed E-state index contributed by atoms with van der Waals surface area (Å²) >= 11 is 0. The first-order valence-electron chi connectivity index (χ1n) is 5.18. The lowest BCUT2D eigenvalue weighted by Crippen LogP contribution is -2.33. The zero-order chi connectivity index (χ0) is 11.3. The average Bonchev–Trinajstić information content (AvgIpc) is 2.58. The second-order valence-electron chi connectivity index (χ2n) is 3.79. The van der Waals surface area contributed by atoms with Gasteiger partial charge in [0.1, 0.15) is 6.61 Å². The van der Waals surface area contributed by atoms with Crippen LogP contribution in [0.1, 0.15) is 13.3 Å². The van der Waals surface area contributed by atoms with Crippen LogP contribution in [0.25, 0.3) is 0 Å². The molecule has 1 aliphatic rings. The Balaban J connectivity index is 2.44. The van der Waals surface area contributed by atoms with Gasteiger partial charge < -0.3 is 9.47 Å². The van der Waals surface area contributed by atoms with Crippen molar-refractivity contribution >= 4 is 5.97 Å². The Morgan fingerprint density at radius 3 is 2.93 bits per heavy atom. The Morgan fingerprint density at radius 1 is 1.67 bits per heavy atom. The van der Waals surface area contributed by atoms with Gasteiger partial charge in [-0.15, -0.1) is 6.58 Å². The molecular formula is C11H19NO3. The van der Waals surface area contributed by atoms with Crippen LogP contribution in [-0.2, 0) is 14.3 Å². The fourth-order valence-electron chi connectivity index (χ4n) is 1.88. The molecule has 0 unspecified atom stereocenters. The summed E-state index contributed by atoms with van der Waals surface area (Å²) < 4.78 is 10.3. The molecule has 15 heavy (non-hydrogen) atoms. The third-order valence-corrected chi connectivity index (χ3v) is 2.67. The third kappa shape index (κ3) is 3.64. The van der Waals surface area contributed by atoms with E-state index in [1.165, 1.54) is 6.92 Å². The number of carbonyl (C=O) groups is 1. The zero-order valence-corrected chi connectivity index (χ0v) is 9.44. The van der Waals surface area contributed by atoms with E-state index in [9.17, 15) is 4.79 Å². The van der Waals surface area contributed by atoms with Gasteiger partial charge in [-0.05, 0) is 6.42 Å². The van der Waals surface area contributed by atoms with Gasteiger partial charge in [0.15, 0.2) is 0 Å². The van der Waals surface area contributed by atoms with Gasteiger partial charge in [0.25, 0.3) is 0 Å². The highest BCUT2D eigenvalue weighted by atomic mass is 16.5. The molecule has 1 saturated heterocycles. The molecule has 2 atom stereocenters. The highest BCUT2D eigenvalue weighted by Gasteiger charge is 2.31. The van der Waals surface area contributed by atoms with Crippen LogP contribution in [0.5, 0.6) is 0 Å². The number of nitrogens with zero attached hydrogens (tertiary/aromatic N) is 1. The minimum absolute atomic E-state index is 0.227. The van der Waals surface area contributed by atoms with Gasteiger partial charge in [-0.1, -0.05) is 6.08 Å². The van der Waals surface area contributed by atoms with Crippen molar-refractivity contribution in [3.8, 4) is 0 Å². The topological polar surface area (TPSA) is 38.8 Å². The Hall–Kier alpha value is -0.870. The number of rotatable bonds is 5. The minimum Gasteiger partial charge on any atom is -0.464 e. The molecule has 4 nitrogen and oxygen atoms in total. The number of ether oxygens (including phenoxy) is 2. The van der Waals surface area contributed by atoms with Crippen molar-refractivity contribution in [3.63, 3.8) is 0 Å². The molecule has 0 aliphatic carbocycles. The molecule has 1 fully saturated rings. The van der Waals surface area contributed by atoms with Crippen molar-refractivity contribution in [2.24, 2.45) is 0 Å². The fourth-order valence-corrected chi connectivity index (χ4v) is 1.88. The molecule has 0 aromatic heterocycles. The van der Waals surface area contributed by atoms with Crippen LogP contribution < -0.4 is 0 Å². The molecule has 0 N–H and O–H groups in total. The first-order valence-corrected chi connectivity index (χ1v) is 5.18. The molecule has 0 saturated carbocycles. The fraction of sp³-hybridized carbons (Fsp3) is 0.727. The number of likely N-dealkylation sites (tertiary alicyclic amines) is 1. The highest BCUT2D eigenvalue weighted by Crippen LogP contribution is 2.19. The second-order valence-corrected chi connectivity index (χ2v) is 3.79. The van der Waals surface area contributed by atoms with Crippen molar-refractivity contribution in [1.29, 1.82) is 0 Å². The highest BCUT2D eigenvalue weighted by molar-refractivity contribution is 5.65. The summed E-state index contributed by atoms with van der Waals surface area (Å²) in [7, 11) is 1.71. The van der Waals surface area contributed by atoms with Crippen LogP contribution in [0.2, 0.25) is 0 Å². The van der Waals surface area contributed by atoms with E-state index in [-0.39, 0.29) is 18.1 Å². The number of hydrogen-bond acceptors (Lipinski definition) is 4. The molecular weight excluding hydrogens is 194 g/mol. The minimum atomic E-state index is -0.227. The van der Waals surface area contributed by atoms with Gasteiger partial charge in [0, 0.05) is 33.2 Å². The number of esters is 1. The van der Waals surface area contributed by atoms with Crippen molar-refractivity contribution in [1.82, 2.24) is 4.90 Å². The summed E-state index contributed by atoms with van der Waals surface area (Å²) in [4.78, 5) is 13.0. The lowest BCUT2D eigenvalue weighted by molar-refractivity contribution is -0.142. The van der Waals surface area contributed by atoms with E-state index in [1.807, 2.05) is 6.08 Å². The molecule has 1 rings (SSSR count). The molecule has 0 bridgehead atoms. The number of carbonyl (C=O) groups excluding carboxylic acids is 1. The predicted octanol–water partition coefficient (Wildman–Crippen LogP) is 0.825. The summed E-state index contributed by atoms with van der Waals surface area (Å²) in [6, 6.07) is 0.261. The first-order chi connectivity index (χ1) is 7.17. The van der Waals surface area contributed by atoms with Crippen molar-refractivity contribution < 1.29 is 14.3 Å². The van der Waals surface area contributed by atoms with Crippen LogP contribution >= 0.6 is 0 Å². The van der Waals surface area contributed by atoms with E-state index in [1.54, 1.807) is 7.11 Å². The lowest BCUT2D eigenvalue weighted by Gasteiger charge is -2.21. The molecule has 86 valence electrons. The van der Waals surface area contributed by atoms with E-state index in [0.29, 0.717) is 6.61 Å². The summed E-state index contributed by atoms with van der Waals surface area (Å²) in [5.74, 6) is -0.227. The monoisotopic (exact) mass is 213 g/mol. The van der Waals surface area contributed by atoms with Gasteiger partial charge >= 0.3 is 5.97 Å². The van der Waals surface area contributed by atoms with Gasteiger partial charge in [0.05, 0.1) is 6.10 Å². The predicted molar refractivity (Wildman–Crippen MR) is 57.6 cm³/mol. The third-order valence-electron chi connectivity index (χ3n) is 2.67. The Kier molecular flexibility index (Phi) is 4.78. The normalized spacial score (nSPS) is 26.5. The summed E-state index contributed by atoms with van der Waals surface area (Å²) in [6.07, 6.45) is 3.02. The van der Waals surface area contributed by atoms with E-state index in [4.69, 9.17) is 9.47 Å². The van der Waals surface area contributed by atoms with E-state index < -0.39 is 0 Å². The van der Waals surface area contributed by atoms with Crippen molar-refractivity contribution in [3.05, 3.63) is 12.7 Å². The summed E-state index contributed by atoms with van der Waals surface area (Å²) in [5, 5.41) is 0. The Morgan fingerprint density at radius 2 is 2.40 bits per heavy atom. The Bertz CT molecular complexity index is 230. The molecule has 1 aliphatic heterocycles. The summed E-state index contributed by atoms with van der Waals surface area (Å²) in [5.41, 5.74) is 0. The largest absolute Gasteiger partial charge is 0.464 e. The van der Waals surface area contributed by atoms with Crippen molar-refractivity contribution in [2.75, 3.05) is 26.8 Å². The van der Waals surface area contributed by atoms with Gasteiger partial charge in [-0.3, -0.25) is 9.69 Å². The molecule has 0 spiro atoms. The molecule has 4 heteroatoms. The molecule has 0 amide bonds. The van der Waals surface area contributed by atoms with Crippen LogP contribution in [0.3, 0.4) is 0 Å². The second kappa shape index (κ2) is 5.88.